The van der Waals surface area contributed by atoms with E-state index in [2.05, 4.69) is 10.6 Å². The molecular formula is C18H26N4O4. The molecular weight excluding hydrogens is 336 g/mol. The Morgan fingerprint density at radius 2 is 2.04 bits per heavy atom. The largest absolute Gasteiger partial charge is 0.481 e. The van der Waals surface area contributed by atoms with Crippen molar-refractivity contribution in [2.75, 3.05) is 31.5 Å². The Balaban J connectivity index is 2.04. The number of nitrogens with one attached hydrogen (secondary N) is 2. The molecule has 1 unspecified atom stereocenters. The average Bonchev–Trinajstić information content (AvgIpc) is 2.61. The number of aliphatic hydroxyl groups is 1. The third kappa shape index (κ3) is 3.82. The van der Waals surface area contributed by atoms with E-state index < -0.39 is 24.0 Å². The number of benzene rings is 1. The van der Waals surface area contributed by atoms with Crippen LogP contribution in [0.3, 0.4) is 0 Å². The highest BCUT2D eigenvalue weighted by Crippen LogP contribution is 2.33. The Hall–Kier alpha value is -2.16. The number of aliphatic carboxylic acids is 1. The van der Waals surface area contributed by atoms with Gasteiger partial charge in [-0.2, -0.15) is 0 Å². The fourth-order valence-corrected chi connectivity index (χ4v) is 3.21. The van der Waals surface area contributed by atoms with Crippen LogP contribution < -0.4 is 10.6 Å². The summed E-state index contributed by atoms with van der Waals surface area (Å²) >= 11 is 0. The van der Waals surface area contributed by atoms with E-state index in [0.717, 1.165) is 24.3 Å². The van der Waals surface area contributed by atoms with Gasteiger partial charge in [-0.25, -0.2) is 4.99 Å². The number of carboxylic acid groups (broad SMARTS) is 1. The van der Waals surface area contributed by atoms with Crippen molar-refractivity contribution in [3.63, 3.8) is 0 Å². The molecule has 3 atom stereocenters. The van der Waals surface area contributed by atoms with Crippen molar-refractivity contribution in [1.29, 1.82) is 0 Å². The molecule has 142 valence electrons. The maximum Gasteiger partial charge on any atom is 0.309 e. The van der Waals surface area contributed by atoms with E-state index in [-0.39, 0.29) is 6.42 Å². The molecule has 1 aromatic rings. The molecule has 3 rings (SSSR count). The zero-order chi connectivity index (χ0) is 18.7. The van der Waals surface area contributed by atoms with Gasteiger partial charge in [0.15, 0.2) is 0 Å². The highest BCUT2D eigenvalue weighted by atomic mass is 16.5. The summed E-state index contributed by atoms with van der Waals surface area (Å²) in [5, 5.41) is 26.0. The van der Waals surface area contributed by atoms with Crippen LogP contribution in [0.2, 0.25) is 0 Å². The lowest BCUT2D eigenvalue weighted by molar-refractivity contribution is -0.140. The number of carboxylic acids is 1. The fraction of sp³-hybridized carbons (Fsp3) is 0.556. The van der Waals surface area contributed by atoms with Crippen LogP contribution >= 0.6 is 0 Å². The van der Waals surface area contributed by atoms with Crippen molar-refractivity contribution >= 4 is 17.6 Å². The van der Waals surface area contributed by atoms with Gasteiger partial charge in [-0.3, -0.25) is 9.69 Å². The number of carbonyl (C=O) groups is 1. The Bertz CT molecular complexity index is 688. The Kier molecular flexibility index (Phi) is 5.45. The smallest absolute Gasteiger partial charge is 0.309 e. The van der Waals surface area contributed by atoms with Gasteiger partial charge in [0.25, 0.3) is 0 Å². The molecule has 0 amide bonds. The number of aliphatic imine (C=N–C) groups is 1. The van der Waals surface area contributed by atoms with Crippen molar-refractivity contribution in [3.8, 4) is 0 Å². The zero-order valence-electron chi connectivity index (χ0n) is 15.1. The minimum absolute atomic E-state index is 0.197. The Morgan fingerprint density at radius 1 is 1.35 bits per heavy atom. The molecule has 8 heteroatoms. The number of para-hydroxylation sites is 1. The van der Waals surface area contributed by atoms with E-state index in [1.165, 1.54) is 0 Å². The lowest BCUT2D eigenvalue weighted by Crippen LogP contribution is -2.61. The lowest BCUT2D eigenvalue weighted by atomic mass is 10.0. The normalized spacial score (nSPS) is 25.4. The minimum Gasteiger partial charge on any atom is -0.481 e. The first-order valence-corrected chi connectivity index (χ1v) is 8.91. The first kappa shape index (κ1) is 18.6. The van der Waals surface area contributed by atoms with E-state index in [1.54, 1.807) is 13.8 Å². The lowest BCUT2D eigenvalue weighted by Gasteiger charge is -2.45. The molecule has 1 saturated heterocycles. The van der Waals surface area contributed by atoms with Gasteiger partial charge in [0.1, 0.15) is 12.5 Å². The predicted octanol–water partition coefficient (Wildman–Crippen LogP) is 0.678. The maximum absolute atomic E-state index is 11.6. The zero-order valence-corrected chi connectivity index (χ0v) is 15.1. The van der Waals surface area contributed by atoms with Crippen LogP contribution in [0.5, 0.6) is 0 Å². The predicted molar refractivity (Wildman–Crippen MR) is 98.3 cm³/mol. The van der Waals surface area contributed by atoms with Crippen LogP contribution in [0, 0.1) is 0 Å². The van der Waals surface area contributed by atoms with Gasteiger partial charge >= 0.3 is 5.97 Å². The average molecular weight is 362 g/mol. The summed E-state index contributed by atoms with van der Waals surface area (Å²) in [5.74, 6) is -1.70. The molecule has 2 heterocycles. The second-order valence-electron chi connectivity index (χ2n) is 6.78. The van der Waals surface area contributed by atoms with E-state index in [9.17, 15) is 15.0 Å². The van der Waals surface area contributed by atoms with Gasteiger partial charge in [-0.1, -0.05) is 12.1 Å². The molecule has 0 aromatic heterocycles. The summed E-state index contributed by atoms with van der Waals surface area (Å²) in [7, 11) is 0. The topological polar surface area (TPSA) is 106 Å². The SMILES string of the molecule is C[C@@H](O)[C@@H](C)OC1=NC(CC(=O)O)(N2CCNCC2)Nc2ccccc21. The number of ether oxygens (including phenoxy) is 1. The number of aliphatic hydroxyl groups excluding tert-OH is 1. The van der Waals surface area contributed by atoms with E-state index >= 15 is 0 Å². The monoisotopic (exact) mass is 362 g/mol. The molecule has 0 bridgehead atoms. The highest BCUT2D eigenvalue weighted by Gasteiger charge is 2.43. The Morgan fingerprint density at radius 3 is 2.69 bits per heavy atom. The third-order valence-electron chi connectivity index (χ3n) is 4.79. The molecule has 0 saturated carbocycles. The summed E-state index contributed by atoms with van der Waals surface area (Å²) < 4.78 is 5.93. The van der Waals surface area contributed by atoms with Gasteiger partial charge in [-0.05, 0) is 26.0 Å². The van der Waals surface area contributed by atoms with Crippen molar-refractivity contribution in [1.82, 2.24) is 10.2 Å². The maximum atomic E-state index is 11.6. The number of fused-ring (bicyclic) bond motifs is 1. The quantitative estimate of drug-likeness (QED) is 0.610. The van der Waals surface area contributed by atoms with Crippen molar-refractivity contribution < 1.29 is 19.7 Å². The molecule has 0 radical (unpaired) electrons. The molecule has 2 aliphatic rings. The second-order valence-corrected chi connectivity index (χ2v) is 6.78. The van der Waals surface area contributed by atoms with Gasteiger partial charge < -0.3 is 25.6 Å². The molecule has 0 spiro atoms. The van der Waals surface area contributed by atoms with E-state index in [1.807, 2.05) is 29.2 Å². The summed E-state index contributed by atoms with van der Waals surface area (Å²) in [6.07, 6.45) is -1.34. The molecule has 2 aliphatic heterocycles. The summed E-state index contributed by atoms with van der Waals surface area (Å²) in [5.41, 5.74) is 1.53. The number of hydrogen-bond acceptors (Lipinski definition) is 7. The second kappa shape index (κ2) is 7.61. The van der Waals surface area contributed by atoms with Crippen LogP contribution in [-0.2, 0) is 9.53 Å². The van der Waals surface area contributed by atoms with Crippen molar-refractivity contribution in [2.45, 2.75) is 38.3 Å². The number of nitrogens with zero attached hydrogens (tertiary/aromatic N) is 2. The van der Waals surface area contributed by atoms with Gasteiger partial charge in [0.2, 0.25) is 11.7 Å². The molecule has 26 heavy (non-hydrogen) atoms. The first-order valence-electron chi connectivity index (χ1n) is 8.91. The molecule has 1 aromatic carbocycles. The summed E-state index contributed by atoms with van der Waals surface area (Å²) in [6.45, 7) is 6.29. The van der Waals surface area contributed by atoms with Gasteiger partial charge in [-0.15, -0.1) is 0 Å². The number of anilines is 1. The molecule has 0 aliphatic carbocycles. The third-order valence-corrected chi connectivity index (χ3v) is 4.79. The van der Waals surface area contributed by atoms with E-state index in [0.29, 0.717) is 19.0 Å². The number of piperazine rings is 1. The van der Waals surface area contributed by atoms with Crippen LogP contribution in [0.1, 0.15) is 25.8 Å². The number of hydrogen-bond donors (Lipinski definition) is 4. The van der Waals surface area contributed by atoms with Crippen LogP contribution in [0.15, 0.2) is 29.3 Å². The highest BCUT2D eigenvalue weighted by molar-refractivity contribution is 6.01. The molecule has 1 fully saturated rings. The van der Waals surface area contributed by atoms with Crippen LogP contribution in [0.4, 0.5) is 5.69 Å². The summed E-state index contributed by atoms with van der Waals surface area (Å²) in [6, 6.07) is 7.52. The van der Waals surface area contributed by atoms with Gasteiger partial charge in [0, 0.05) is 31.9 Å². The van der Waals surface area contributed by atoms with Crippen molar-refractivity contribution in [3.05, 3.63) is 29.8 Å². The van der Waals surface area contributed by atoms with E-state index in [4.69, 9.17) is 9.73 Å². The molecule has 4 N–H and O–H groups in total. The van der Waals surface area contributed by atoms with Crippen molar-refractivity contribution in [2.24, 2.45) is 4.99 Å². The number of rotatable bonds is 5. The van der Waals surface area contributed by atoms with Gasteiger partial charge in [0.05, 0.1) is 11.7 Å². The van der Waals surface area contributed by atoms with Crippen LogP contribution in [0.25, 0.3) is 0 Å². The minimum atomic E-state index is -1.12. The fourth-order valence-electron chi connectivity index (χ4n) is 3.21. The summed E-state index contributed by atoms with van der Waals surface area (Å²) in [4.78, 5) is 18.4. The molecule has 8 nitrogen and oxygen atoms in total. The first-order chi connectivity index (χ1) is 12.4. The standard InChI is InChI=1S/C18H26N4O4/c1-12(23)13(2)26-17-14-5-3-4-6-15(14)20-18(21-17,11-16(24)25)22-9-7-19-8-10-22/h3-6,12-13,19-20,23H,7-11H2,1-2H3,(H,24,25)/t12-,13-,18?/m1/s1. The van der Waals surface area contributed by atoms with Crippen LogP contribution in [-0.4, -0.2) is 71.2 Å². The Labute approximate surface area is 152 Å².